The molecule has 5 nitrogen and oxygen atoms in total. The molecular weight excluding hydrogens is 467 g/mol. The molecule has 7 heteroatoms. The van der Waals surface area contributed by atoms with E-state index in [1.165, 1.54) is 31.2 Å². The van der Waals surface area contributed by atoms with Crippen molar-refractivity contribution >= 4 is 34.9 Å². The van der Waals surface area contributed by atoms with Crippen molar-refractivity contribution < 1.29 is 4.79 Å². The van der Waals surface area contributed by atoms with Gasteiger partial charge in [-0.2, -0.15) is 0 Å². The minimum atomic E-state index is -0.277. The maximum absolute atomic E-state index is 12.6. The summed E-state index contributed by atoms with van der Waals surface area (Å²) in [7, 11) is 0. The van der Waals surface area contributed by atoms with E-state index in [0.29, 0.717) is 28.3 Å². The number of pyridine rings is 1. The number of benzene rings is 2. The molecule has 0 aliphatic heterocycles. The van der Waals surface area contributed by atoms with Crippen LogP contribution in [0.1, 0.15) is 43.6 Å². The van der Waals surface area contributed by atoms with Gasteiger partial charge in [0.25, 0.3) is 0 Å². The number of anilines is 1. The minimum Gasteiger partial charge on any atom is -0.337 e. The van der Waals surface area contributed by atoms with Crippen molar-refractivity contribution in [2.75, 3.05) is 18.4 Å². The number of urea groups is 1. The fourth-order valence-corrected chi connectivity index (χ4v) is 5.01. The van der Waals surface area contributed by atoms with Crippen LogP contribution in [0.25, 0.3) is 11.1 Å². The number of carbonyl (C=O) groups is 1. The summed E-state index contributed by atoms with van der Waals surface area (Å²) in [6.07, 6.45) is 9.68. The molecule has 3 N–H and O–H groups in total. The SMILES string of the molecule is O=C(NCC(CCNC1CCCC1)c1ccc(-c2ccncc2)cc1)Nc1cc(Cl)cc(Cl)c1. The maximum atomic E-state index is 12.6. The van der Waals surface area contributed by atoms with E-state index in [4.69, 9.17) is 23.2 Å². The van der Waals surface area contributed by atoms with Crippen LogP contribution >= 0.6 is 23.2 Å². The number of hydrogen-bond donors (Lipinski definition) is 3. The van der Waals surface area contributed by atoms with Crippen LogP contribution in [0.4, 0.5) is 10.5 Å². The van der Waals surface area contributed by atoms with E-state index in [2.05, 4.69) is 45.2 Å². The van der Waals surface area contributed by atoms with E-state index >= 15 is 0 Å². The van der Waals surface area contributed by atoms with Crippen LogP contribution < -0.4 is 16.0 Å². The number of nitrogens with one attached hydrogen (secondary N) is 3. The van der Waals surface area contributed by atoms with E-state index in [0.717, 1.165) is 24.1 Å². The first-order chi connectivity index (χ1) is 16.6. The minimum absolute atomic E-state index is 0.189. The highest BCUT2D eigenvalue weighted by atomic mass is 35.5. The Hall–Kier alpha value is -2.60. The molecule has 1 unspecified atom stereocenters. The molecule has 1 aliphatic carbocycles. The third kappa shape index (κ3) is 7.20. The van der Waals surface area contributed by atoms with E-state index in [1.54, 1.807) is 30.6 Å². The monoisotopic (exact) mass is 496 g/mol. The second-order valence-electron chi connectivity index (χ2n) is 8.77. The number of amides is 2. The first kappa shape index (κ1) is 24.5. The summed E-state index contributed by atoms with van der Waals surface area (Å²) < 4.78 is 0. The third-order valence-electron chi connectivity index (χ3n) is 6.31. The van der Waals surface area contributed by atoms with Crippen molar-refractivity contribution in [1.29, 1.82) is 0 Å². The molecule has 1 fully saturated rings. The van der Waals surface area contributed by atoms with Crippen molar-refractivity contribution in [2.24, 2.45) is 0 Å². The van der Waals surface area contributed by atoms with Crippen LogP contribution in [0.5, 0.6) is 0 Å². The highest BCUT2D eigenvalue weighted by Crippen LogP contribution is 2.25. The Morgan fingerprint density at radius 1 is 0.941 bits per heavy atom. The molecule has 0 spiro atoms. The standard InChI is InChI=1S/C27H30Cl2N4O/c28-23-15-24(29)17-26(16-23)33-27(34)32-18-22(11-14-31-25-3-1-2-4-25)20-7-5-19(6-8-20)21-9-12-30-13-10-21/h5-10,12-13,15-17,22,25,31H,1-4,11,14,18H2,(H2,32,33,34). The van der Waals surface area contributed by atoms with Gasteiger partial charge in [0.1, 0.15) is 0 Å². The van der Waals surface area contributed by atoms with Crippen molar-refractivity contribution in [3.63, 3.8) is 0 Å². The number of nitrogens with zero attached hydrogens (tertiary/aromatic N) is 1. The van der Waals surface area contributed by atoms with Crippen LogP contribution in [0, 0.1) is 0 Å². The van der Waals surface area contributed by atoms with Crippen LogP contribution in [0.3, 0.4) is 0 Å². The van der Waals surface area contributed by atoms with Crippen LogP contribution in [-0.4, -0.2) is 30.1 Å². The molecule has 0 saturated heterocycles. The van der Waals surface area contributed by atoms with Crippen molar-refractivity contribution in [3.8, 4) is 11.1 Å². The Balaban J connectivity index is 1.39. The molecular formula is C27H30Cl2N4O. The smallest absolute Gasteiger partial charge is 0.319 e. The second-order valence-corrected chi connectivity index (χ2v) is 9.65. The average Bonchev–Trinajstić information content (AvgIpc) is 3.35. The summed E-state index contributed by atoms with van der Waals surface area (Å²) in [6.45, 7) is 1.45. The first-order valence-electron chi connectivity index (χ1n) is 11.8. The number of hydrogen-bond acceptors (Lipinski definition) is 3. The highest BCUT2D eigenvalue weighted by molar-refractivity contribution is 6.35. The van der Waals surface area contributed by atoms with Gasteiger partial charge in [-0.15, -0.1) is 0 Å². The number of aromatic nitrogens is 1. The van der Waals surface area contributed by atoms with Gasteiger partial charge in [0.05, 0.1) is 0 Å². The second kappa shape index (κ2) is 12.2. The van der Waals surface area contributed by atoms with Gasteiger partial charge in [0.2, 0.25) is 0 Å². The Bertz CT molecular complexity index is 1050. The van der Waals surface area contributed by atoms with Crippen LogP contribution in [0.2, 0.25) is 10.0 Å². The molecule has 178 valence electrons. The lowest BCUT2D eigenvalue weighted by Gasteiger charge is -2.21. The first-order valence-corrected chi connectivity index (χ1v) is 12.6. The fourth-order valence-electron chi connectivity index (χ4n) is 4.49. The van der Waals surface area contributed by atoms with Gasteiger partial charge in [0.15, 0.2) is 0 Å². The Kier molecular flexibility index (Phi) is 8.80. The van der Waals surface area contributed by atoms with Crippen LogP contribution in [0.15, 0.2) is 67.0 Å². The summed E-state index contributed by atoms with van der Waals surface area (Å²) in [5, 5.41) is 10.5. The Morgan fingerprint density at radius 3 is 2.26 bits per heavy atom. The molecule has 2 amide bonds. The molecule has 1 atom stereocenters. The van der Waals surface area contributed by atoms with Gasteiger partial charge in [0, 0.05) is 46.6 Å². The molecule has 1 aromatic heterocycles. The van der Waals surface area contributed by atoms with E-state index in [-0.39, 0.29) is 11.9 Å². The molecule has 4 rings (SSSR count). The van der Waals surface area contributed by atoms with E-state index in [1.807, 2.05) is 12.1 Å². The molecule has 34 heavy (non-hydrogen) atoms. The summed E-state index contributed by atoms with van der Waals surface area (Å²) in [5.41, 5.74) is 4.06. The predicted octanol–water partition coefficient (Wildman–Crippen LogP) is 6.88. The number of rotatable bonds is 9. The van der Waals surface area contributed by atoms with Crippen LogP contribution in [-0.2, 0) is 0 Å². The van der Waals surface area contributed by atoms with Gasteiger partial charge >= 0.3 is 6.03 Å². The topological polar surface area (TPSA) is 66.0 Å². The lowest BCUT2D eigenvalue weighted by Crippen LogP contribution is -2.34. The average molecular weight is 497 g/mol. The van der Waals surface area contributed by atoms with Gasteiger partial charge in [-0.3, -0.25) is 4.98 Å². The lowest BCUT2D eigenvalue weighted by molar-refractivity contribution is 0.251. The molecule has 1 aliphatic rings. The normalized spacial score (nSPS) is 14.6. The van der Waals surface area contributed by atoms with Crippen molar-refractivity contribution in [1.82, 2.24) is 15.6 Å². The zero-order chi connectivity index (χ0) is 23.8. The number of carbonyl (C=O) groups excluding carboxylic acids is 1. The third-order valence-corrected chi connectivity index (χ3v) is 6.74. The van der Waals surface area contributed by atoms with Gasteiger partial charge in [-0.05, 0) is 72.8 Å². The Labute approximate surface area is 211 Å². The number of halogens is 2. The summed E-state index contributed by atoms with van der Waals surface area (Å²) in [4.78, 5) is 16.7. The van der Waals surface area contributed by atoms with Gasteiger partial charge < -0.3 is 16.0 Å². The quantitative estimate of drug-likeness (QED) is 0.302. The van der Waals surface area contributed by atoms with Crippen molar-refractivity contribution in [2.45, 2.75) is 44.1 Å². The molecule has 2 aromatic carbocycles. The molecule has 1 heterocycles. The molecule has 0 radical (unpaired) electrons. The van der Waals surface area contributed by atoms with Crippen molar-refractivity contribution in [3.05, 3.63) is 82.6 Å². The van der Waals surface area contributed by atoms with E-state index in [9.17, 15) is 4.79 Å². The largest absolute Gasteiger partial charge is 0.337 e. The zero-order valence-electron chi connectivity index (χ0n) is 19.1. The summed E-state index contributed by atoms with van der Waals surface area (Å²) in [6, 6.07) is 17.9. The highest BCUT2D eigenvalue weighted by Gasteiger charge is 2.17. The van der Waals surface area contributed by atoms with Gasteiger partial charge in [-0.25, -0.2) is 4.79 Å². The zero-order valence-corrected chi connectivity index (χ0v) is 20.6. The predicted molar refractivity (Wildman–Crippen MR) is 141 cm³/mol. The molecule has 1 saturated carbocycles. The lowest BCUT2D eigenvalue weighted by atomic mass is 9.93. The van der Waals surface area contributed by atoms with E-state index < -0.39 is 0 Å². The molecule has 0 bridgehead atoms. The molecule has 3 aromatic rings. The fraction of sp³-hybridized carbons (Fsp3) is 0.333. The van der Waals surface area contributed by atoms with Gasteiger partial charge in [-0.1, -0.05) is 60.3 Å². The summed E-state index contributed by atoms with van der Waals surface area (Å²) >= 11 is 12.1. The maximum Gasteiger partial charge on any atom is 0.319 e. The summed E-state index contributed by atoms with van der Waals surface area (Å²) in [5.74, 6) is 0.189. The Morgan fingerprint density at radius 2 is 1.59 bits per heavy atom.